The minimum absolute atomic E-state index is 0.0364. The van der Waals surface area contributed by atoms with E-state index in [0.29, 0.717) is 17.3 Å². The molecule has 2 rings (SSSR count). The number of nitrogens with one attached hydrogen (secondary N) is 1. The number of amides is 1. The molecule has 1 N–H and O–H groups in total. The maximum absolute atomic E-state index is 12.4. The first-order chi connectivity index (χ1) is 12.8. The number of anilines is 1. The van der Waals surface area contributed by atoms with E-state index in [4.69, 9.17) is 16.3 Å². The van der Waals surface area contributed by atoms with Crippen LogP contribution in [0.3, 0.4) is 0 Å². The highest BCUT2D eigenvalue weighted by Gasteiger charge is 2.19. The van der Waals surface area contributed by atoms with Gasteiger partial charge in [0, 0.05) is 17.3 Å². The summed E-state index contributed by atoms with van der Waals surface area (Å²) in [7, 11) is 3.17. The lowest BCUT2D eigenvalue weighted by Crippen LogP contribution is -2.39. The van der Waals surface area contributed by atoms with E-state index in [1.54, 1.807) is 50.4 Å². The molecule has 1 amide bonds. The number of hydrogen-bond donors (Lipinski definition) is 1. The van der Waals surface area contributed by atoms with E-state index < -0.39 is 12.7 Å². The third kappa shape index (κ3) is 6.08. The van der Waals surface area contributed by atoms with Gasteiger partial charge in [0.2, 0.25) is 5.91 Å². The first kappa shape index (κ1) is 20.9. The number of alkyl halides is 2. The van der Waals surface area contributed by atoms with E-state index in [1.807, 2.05) is 4.90 Å². The minimum atomic E-state index is -2.93. The highest BCUT2D eigenvalue weighted by atomic mass is 35.5. The highest BCUT2D eigenvalue weighted by Crippen LogP contribution is 2.30. The van der Waals surface area contributed by atoms with Crippen LogP contribution in [-0.4, -0.2) is 37.6 Å². The van der Waals surface area contributed by atoms with Gasteiger partial charge >= 0.3 is 6.61 Å². The lowest BCUT2D eigenvalue weighted by molar-refractivity contribution is -0.120. The fourth-order valence-corrected chi connectivity index (χ4v) is 2.63. The summed E-state index contributed by atoms with van der Waals surface area (Å²) in [6.07, 6.45) is 0. The van der Waals surface area contributed by atoms with Crippen molar-refractivity contribution in [3.05, 3.63) is 53.1 Å². The van der Waals surface area contributed by atoms with Crippen molar-refractivity contribution in [2.24, 2.45) is 0 Å². The molecule has 0 radical (unpaired) electrons. The van der Waals surface area contributed by atoms with Crippen molar-refractivity contribution >= 4 is 23.2 Å². The zero-order valence-electron chi connectivity index (χ0n) is 15.2. The van der Waals surface area contributed by atoms with Gasteiger partial charge in [0.1, 0.15) is 0 Å². The van der Waals surface area contributed by atoms with Crippen molar-refractivity contribution in [2.75, 3.05) is 19.5 Å². The van der Waals surface area contributed by atoms with Gasteiger partial charge in [0.05, 0.1) is 13.2 Å². The molecule has 0 bridgehead atoms. The molecule has 0 spiro atoms. The average Bonchev–Trinajstić information content (AvgIpc) is 2.61. The van der Waals surface area contributed by atoms with Crippen LogP contribution in [0.5, 0.6) is 11.5 Å². The molecule has 2 aromatic carbocycles. The first-order valence-electron chi connectivity index (χ1n) is 8.18. The summed E-state index contributed by atoms with van der Waals surface area (Å²) in [6.45, 7) is -0.747. The molecule has 0 fully saturated rings. The Kier molecular flexibility index (Phi) is 7.38. The SMILES string of the molecule is COc1cc(CN(C)[C@@H](C)C(=O)Nc2cccc(Cl)c2)ccc1OC(F)F. The number of benzene rings is 2. The first-order valence-corrected chi connectivity index (χ1v) is 8.56. The van der Waals surface area contributed by atoms with E-state index >= 15 is 0 Å². The van der Waals surface area contributed by atoms with Crippen LogP contribution in [0.2, 0.25) is 5.02 Å². The van der Waals surface area contributed by atoms with Crippen molar-refractivity contribution in [1.82, 2.24) is 4.90 Å². The molecule has 0 saturated carbocycles. The molecule has 0 aromatic heterocycles. The van der Waals surface area contributed by atoms with Crippen molar-refractivity contribution in [1.29, 1.82) is 0 Å². The number of carbonyl (C=O) groups is 1. The van der Waals surface area contributed by atoms with Gasteiger partial charge in [-0.25, -0.2) is 0 Å². The third-order valence-corrected chi connectivity index (χ3v) is 4.24. The fraction of sp³-hybridized carbons (Fsp3) is 0.316. The number of nitrogens with zero attached hydrogens (tertiary/aromatic N) is 1. The standard InChI is InChI=1S/C19H21ClF2N2O3/c1-12(18(25)23-15-6-4-5-14(20)10-15)24(2)11-13-7-8-16(27-19(21)22)17(9-13)26-3/h4-10,12,19H,11H2,1-3H3,(H,23,25)/t12-/m0/s1. The molecule has 27 heavy (non-hydrogen) atoms. The zero-order valence-corrected chi connectivity index (χ0v) is 16.0. The van der Waals surface area contributed by atoms with Crippen LogP contribution < -0.4 is 14.8 Å². The summed E-state index contributed by atoms with van der Waals surface area (Å²) in [6, 6.07) is 11.1. The maximum Gasteiger partial charge on any atom is 0.387 e. The molecule has 0 saturated heterocycles. The van der Waals surface area contributed by atoms with Crippen LogP contribution >= 0.6 is 11.6 Å². The average molecular weight is 399 g/mol. The Labute approximate surface area is 161 Å². The molecule has 1 atom stereocenters. The number of carbonyl (C=O) groups excluding carboxylic acids is 1. The number of methoxy groups -OCH3 is 1. The summed E-state index contributed by atoms with van der Waals surface area (Å²) < 4.78 is 34.3. The number of rotatable bonds is 8. The van der Waals surface area contributed by atoms with Crippen molar-refractivity contribution in [3.63, 3.8) is 0 Å². The fourth-order valence-electron chi connectivity index (χ4n) is 2.44. The molecule has 8 heteroatoms. The quantitative estimate of drug-likeness (QED) is 0.715. The van der Waals surface area contributed by atoms with E-state index in [-0.39, 0.29) is 17.4 Å². The zero-order chi connectivity index (χ0) is 20.0. The molecule has 2 aromatic rings. The Morgan fingerprint density at radius 3 is 2.59 bits per heavy atom. The Hall–Kier alpha value is -2.38. The number of ether oxygens (including phenoxy) is 2. The topological polar surface area (TPSA) is 50.8 Å². The van der Waals surface area contributed by atoms with Crippen molar-refractivity contribution in [2.45, 2.75) is 26.1 Å². The number of likely N-dealkylation sites (N-methyl/N-ethyl adjacent to an activating group) is 1. The second-order valence-electron chi connectivity index (χ2n) is 5.95. The molecule has 146 valence electrons. The molecule has 0 aliphatic heterocycles. The Bertz CT molecular complexity index is 789. The molecular weight excluding hydrogens is 378 g/mol. The van der Waals surface area contributed by atoms with Gasteiger partial charge in [0.15, 0.2) is 11.5 Å². The minimum Gasteiger partial charge on any atom is -0.493 e. The lowest BCUT2D eigenvalue weighted by Gasteiger charge is -2.24. The van der Waals surface area contributed by atoms with Crippen molar-refractivity contribution in [3.8, 4) is 11.5 Å². The van der Waals surface area contributed by atoms with Gasteiger partial charge in [-0.15, -0.1) is 0 Å². The highest BCUT2D eigenvalue weighted by molar-refractivity contribution is 6.30. The number of halogens is 3. The molecule has 5 nitrogen and oxygen atoms in total. The second kappa shape index (κ2) is 9.53. The van der Waals surface area contributed by atoms with E-state index in [9.17, 15) is 13.6 Å². The van der Waals surface area contributed by atoms with E-state index in [2.05, 4.69) is 10.1 Å². The molecule has 0 unspecified atom stereocenters. The summed E-state index contributed by atoms with van der Waals surface area (Å²) in [4.78, 5) is 14.3. The predicted octanol–water partition coefficient (Wildman–Crippen LogP) is 4.41. The largest absolute Gasteiger partial charge is 0.493 e. The molecule has 0 aliphatic carbocycles. The Morgan fingerprint density at radius 1 is 1.22 bits per heavy atom. The molecular formula is C19H21ClF2N2O3. The summed E-state index contributed by atoms with van der Waals surface area (Å²) in [5, 5.41) is 3.34. The smallest absolute Gasteiger partial charge is 0.387 e. The summed E-state index contributed by atoms with van der Waals surface area (Å²) in [5.74, 6) is -0.0210. The summed E-state index contributed by atoms with van der Waals surface area (Å²) in [5.41, 5.74) is 1.40. The maximum atomic E-state index is 12.4. The van der Waals surface area contributed by atoms with Gasteiger partial charge in [-0.05, 0) is 49.9 Å². The van der Waals surface area contributed by atoms with Crippen LogP contribution in [0.1, 0.15) is 12.5 Å². The predicted molar refractivity (Wildman–Crippen MR) is 101 cm³/mol. The van der Waals surface area contributed by atoms with Crippen LogP contribution in [0, 0.1) is 0 Å². The number of hydrogen-bond acceptors (Lipinski definition) is 4. The van der Waals surface area contributed by atoms with Crippen LogP contribution in [0.15, 0.2) is 42.5 Å². The molecule has 0 heterocycles. The van der Waals surface area contributed by atoms with Gasteiger partial charge in [0.25, 0.3) is 0 Å². The Morgan fingerprint density at radius 2 is 1.96 bits per heavy atom. The normalized spacial score (nSPS) is 12.1. The van der Waals surface area contributed by atoms with Gasteiger partial charge in [-0.2, -0.15) is 8.78 Å². The van der Waals surface area contributed by atoms with Gasteiger partial charge < -0.3 is 14.8 Å². The lowest BCUT2D eigenvalue weighted by atomic mass is 10.1. The molecule has 0 aliphatic rings. The van der Waals surface area contributed by atoms with E-state index in [1.165, 1.54) is 13.2 Å². The van der Waals surface area contributed by atoms with Crippen molar-refractivity contribution < 1.29 is 23.0 Å². The van der Waals surface area contributed by atoms with E-state index in [0.717, 1.165) is 5.56 Å². The Balaban J connectivity index is 2.02. The van der Waals surface area contributed by atoms with Crippen LogP contribution in [0.4, 0.5) is 14.5 Å². The van der Waals surface area contributed by atoms with Gasteiger partial charge in [-0.3, -0.25) is 9.69 Å². The second-order valence-corrected chi connectivity index (χ2v) is 6.39. The van der Waals surface area contributed by atoms with Crippen LogP contribution in [0.25, 0.3) is 0 Å². The van der Waals surface area contributed by atoms with Crippen LogP contribution in [-0.2, 0) is 11.3 Å². The van der Waals surface area contributed by atoms with Gasteiger partial charge in [-0.1, -0.05) is 23.7 Å². The summed E-state index contributed by atoms with van der Waals surface area (Å²) >= 11 is 5.92. The monoisotopic (exact) mass is 398 g/mol. The third-order valence-electron chi connectivity index (χ3n) is 4.01.